The van der Waals surface area contributed by atoms with Gasteiger partial charge in [0, 0.05) is 61.3 Å². The van der Waals surface area contributed by atoms with E-state index >= 15 is 0 Å². The van der Waals surface area contributed by atoms with Crippen LogP contribution in [0.25, 0.3) is 110 Å². The number of rotatable bonds is 2. The van der Waals surface area contributed by atoms with Crippen LogP contribution in [0, 0.1) is 0 Å². The fraction of sp³-hybridized carbons (Fsp3) is 0. The molecule has 0 radical (unpaired) electrons. The molecule has 11 aromatic rings. The minimum atomic E-state index is 0.783. The minimum absolute atomic E-state index is 0.783. The van der Waals surface area contributed by atoms with E-state index < -0.39 is 0 Å². The Morgan fingerprint density at radius 3 is 0.870 bits per heavy atom. The van der Waals surface area contributed by atoms with Crippen molar-refractivity contribution in [3.63, 3.8) is 0 Å². The fourth-order valence-corrected chi connectivity index (χ4v) is 7.21. The number of fused-ring (bicyclic) bond motifs is 12. The monoisotopic (exact) mass is 590 g/mol. The topological polar surface area (TPSA) is 52.6 Å². The highest BCUT2D eigenvalue weighted by Gasteiger charge is 2.19. The first kappa shape index (κ1) is 24.1. The Bertz CT molecular complexity index is 2800. The summed E-state index contributed by atoms with van der Waals surface area (Å²) in [5.74, 6) is 0. The summed E-state index contributed by atoms with van der Waals surface area (Å²) in [5.41, 5.74) is 11.2. The van der Waals surface area contributed by atoms with Crippen LogP contribution >= 0.6 is 0 Å². The van der Waals surface area contributed by atoms with E-state index in [4.69, 9.17) is 17.7 Å². The lowest BCUT2D eigenvalue weighted by molar-refractivity contribution is 0.649. The van der Waals surface area contributed by atoms with Gasteiger partial charge in [0.25, 0.3) is 0 Å². The highest BCUT2D eigenvalue weighted by atomic mass is 16.4. The number of benzene rings is 7. The highest BCUT2D eigenvalue weighted by Crippen LogP contribution is 2.42. The van der Waals surface area contributed by atoms with Crippen molar-refractivity contribution in [3.8, 4) is 22.3 Å². The summed E-state index contributed by atoms with van der Waals surface area (Å²) in [6.07, 6.45) is 0. The summed E-state index contributed by atoms with van der Waals surface area (Å²) < 4.78 is 25.4. The van der Waals surface area contributed by atoms with Crippen molar-refractivity contribution in [2.24, 2.45) is 0 Å². The van der Waals surface area contributed by atoms with Crippen LogP contribution in [-0.4, -0.2) is 0 Å². The van der Waals surface area contributed by atoms with Gasteiger partial charge in [-0.1, -0.05) is 72.8 Å². The maximum atomic E-state index is 6.39. The second kappa shape index (κ2) is 8.68. The van der Waals surface area contributed by atoms with Crippen molar-refractivity contribution >= 4 is 87.8 Å². The second-order valence-electron chi connectivity index (χ2n) is 12.1. The van der Waals surface area contributed by atoms with Gasteiger partial charge in [-0.15, -0.1) is 0 Å². The summed E-state index contributed by atoms with van der Waals surface area (Å²) in [4.78, 5) is 0. The van der Waals surface area contributed by atoms with Crippen molar-refractivity contribution in [3.05, 3.63) is 133 Å². The zero-order valence-electron chi connectivity index (χ0n) is 24.3. The smallest absolute Gasteiger partial charge is 0.139 e. The predicted molar refractivity (Wildman–Crippen MR) is 186 cm³/mol. The molecular weight excluding hydrogens is 568 g/mol. The van der Waals surface area contributed by atoms with Crippen LogP contribution in [-0.2, 0) is 0 Å². The van der Waals surface area contributed by atoms with Gasteiger partial charge in [0.05, 0.1) is 0 Å². The van der Waals surface area contributed by atoms with Crippen LogP contribution in [0.2, 0.25) is 0 Å². The lowest BCUT2D eigenvalue weighted by atomic mass is 10.0. The first-order valence-corrected chi connectivity index (χ1v) is 15.4. The predicted octanol–water partition coefficient (Wildman–Crippen LogP) is 12.6. The molecule has 0 fully saturated rings. The Kier molecular flexibility index (Phi) is 4.55. The first-order chi connectivity index (χ1) is 22.7. The molecule has 0 unspecified atom stereocenters. The van der Waals surface area contributed by atoms with Crippen LogP contribution in [0.4, 0.5) is 0 Å². The average molecular weight is 591 g/mol. The summed E-state index contributed by atoms with van der Waals surface area (Å²) in [6.45, 7) is 0. The molecule has 0 N–H and O–H groups in total. The van der Waals surface area contributed by atoms with Crippen LogP contribution < -0.4 is 0 Å². The molecule has 4 nitrogen and oxygen atoms in total. The Balaban J connectivity index is 1.13. The van der Waals surface area contributed by atoms with Crippen molar-refractivity contribution in [1.82, 2.24) is 0 Å². The van der Waals surface area contributed by atoms with Crippen LogP contribution in [0.3, 0.4) is 0 Å². The third-order valence-corrected chi connectivity index (χ3v) is 9.46. The molecule has 0 atom stereocenters. The molecule has 0 amide bonds. The molecule has 0 aliphatic carbocycles. The molecular formula is C42H22O4. The molecule has 214 valence electrons. The van der Waals surface area contributed by atoms with Gasteiger partial charge in [0.1, 0.15) is 44.7 Å². The summed E-state index contributed by atoms with van der Waals surface area (Å²) in [7, 11) is 0. The van der Waals surface area contributed by atoms with Gasteiger partial charge in [0.15, 0.2) is 0 Å². The van der Waals surface area contributed by atoms with E-state index in [1.165, 1.54) is 11.1 Å². The van der Waals surface area contributed by atoms with Gasteiger partial charge in [0.2, 0.25) is 0 Å². The lowest BCUT2D eigenvalue weighted by Crippen LogP contribution is -1.76. The Labute approximate surface area is 260 Å². The molecule has 0 bridgehead atoms. The molecule has 0 saturated heterocycles. The van der Waals surface area contributed by atoms with Crippen LogP contribution in [0.5, 0.6) is 0 Å². The van der Waals surface area contributed by atoms with Gasteiger partial charge in [-0.3, -0.25) is 0 Å². The van der Waals surface area contributed by atoms with Crippen molar-refractivity contribution < 1.29 is 17.7 Å². The van der Waals surface area contributed by atoms with Gasteiger partial charge >= 0.3 is 0 Å². The van der Waals surface area contributed by atoms with E-state index in [9.17, 15) is 0 Å². The molecule has 0 aliphatic heterocycles. The van der Waals surface area contributed by atoms with E-state index in [1.54, 1.807) is 0 Å². The maximum Gasteiger partial charge on any atom is 0.139 e. The molecule has 0 saturated carbocycles. The highest BCUT2D eigenvalue weighted by molar-refractivity contribution is 6.21. The van der Waals surface area contributed by atoms with E-state index in [0.29, 0.717) is 0 Å². The normalized spacial score (nSPS) is 12.3. The number of hydrogen-bond acceptors (Lipinski definition) is 4. The third-order valence-electron chi connectivity index (χ3n) is 9.46. The summed E-state index contributed by atoms with van der Waals surface area (Å²) >= 11 is 0. The van der Waals surface area contributed by atoms with Crippen molar-refractivity contribution in [2.75, 3.05) is 0 Å². The fourth-order valence-electron chi connectivity index (χ4n) is 7.21. The van der Waals surface area contributed by atoms with E-state index in [1.807, 2.05) is 30.3 Å². The van der Waals surface area contributed by atoms with Crippen molar-refractivity contribution in [1.29, 1.82) is 0 Å². The number of furan rings is 4. The van der Waals surface area contributed by atoms with Crippen LogP contribution in [0.1, 0.15) is 0 Å². The molecule has 4 heterocycles. The zero-order chi connectivity index (χ0) is 29.9. The van der Waals surface area contributed by atoms with E-state index in [2.05, 4.69) is 103 Å². The first-order valence-electron chi connectivity index (χ1n) is 15.4. The number of hydrogen-bond donors (Lipinski definition) is 0. The molecule has 4 aromatic heterocycles. The van der Waals surface area contributed by atoms with Gasteiger partial charge in [-0.2, -0.15) is 0 Å². The van der Waals surface area contributed by atoms with Crippen molar-refractivity contribution in [2.45, 2.75) is 0 Å². The summed E-state index contributed by atoms with van der Waals surface area (Å²) in [6, 6.07) is 46.3. The SMILES string of the molecule is c1ccc(-c2ccc3oc4cc5oc6cc7oc8cc9oc%10ccc(-c%11ccccc%11)cc%10c9cc8c7cc6c5cc4c3c2)cc1. The Morgan fingerprint density at radius 2 is 0.522 bits per heavy atom. The van der Waals surface area contributed by atoms with Crippen LogP contribution in [0.15, 0.2) is 151 Å². The molecule has 0 spiro atoms. The zero-order valence-corrected chi connectivity index (χ0v) is 24.3. The van der Waals surface area contributed by atoms with E-state index in [0.717, 1.165) is 98.9 Å². The van der Waals surface area contributed by atoms with E-state index in [-0.39, 0.29) is 0 Å². The average Bonchev–Trinajstić information content (AvgIpc) is 3.84. The lowest BCUT2D eigenvalue weighted by Gasteiger charge is -2.01. The van der Waals surface area contributed by atoms with Gasteiger partial charge in [-0.05, 0) is 64.7 Å². The Morgan fingerprint density at radius 1 is 0.217 bits per heavy atom. The maximum absolute atomic E-state index is 6.39. The van der Waals surface area contributed by atoms with Gasteiger partial charge in [-0.25, -0.2) is 0 Å². The quantitative estimate of drug-likeness (QED) is 0.201. The van der Waals surface area contributed by atoms with Gasteiger partial charge < -0.3 is 17.7 Å². The largest absolute Gasteiger partial charge is 0.456 e. The second-order valence-corrected chi connectivity index (χ2v) is 12.1. The molecule has 11 rings (SSSR count). The molecule has 7 aromatic carbocycles. The third kappa shape index (κ3) is 3.33. The Hall–Kier alpha value is -6.26. The molecule has 0 aliphatic rings. The molecule has 46 heavy (non-hydrogen) atoms. The molecule has 4 heteroatoms. The minimum Gasteiger partial charge on any atom is -0.456 e. The standard InChI is InChI=1S/C42H22O4/c1-3-7-23(8-4-1)25-11-13-35-27(15-25)29-17-31-33-19-34-32-18-30-28-16-26(24-9-5-2-6-10-24)12-14-36(28)44-38(30)21-40(32)46-42(34)22-41(33)45-39(31)20-37(29)43-35/h1-22H. The summed E-state index contributed by atoms with van der Waals surface area (Å²) in [5, 5.41) is 8.51.